The highest BCUT2D eigenvalue weighted by Crippen LogP contribution is 2.38. The molecule has 11 heteroatoms. The minimum atomic E-state index is -0.194. The number of rotatable bonds is 11. The van der Waals surface area contributed by atoms with E-state index in [1.807, 2.05) is 54.0 Å². The maximum absolute atomic E-state index is 13.3. The number of fused-ring (bicyclic) bond motifs is 1. The molecule has 5 rings (SSSR count). The van der Waals surface area contributed by atoms with Crippen LogP contribution in [0, 0.1) is 0 Å². The highest BCUT2D eigenvalue weighted by molar-refractivity contribution is 7.99. The molecule has 0 radical (unpaired) electrons. The summed E-state index contributed by atoms with van der Waals surface area (Å²) in [6.07, 6.45) is 3.92. The number of thiophene rings is 1. The van der Waals surface area contributed by atoms with Gasteiger partial charge >= 0.3 is 0 Å². The fourth-order valence-electron chi connectivity index (χ4n) is 4.88. The van der Waals surface area contributed by atoms with Gasteiger partial charge in [0.05, 0.1) is 25.5 Å². The molecule has 0 saturated carbocycles. The number of carbonyl (C=O) groups is 2. The Bertz CT molecular complexity index is 1510. The van der Waals surface area contributed by atoms with Crippen LogP contribution in [-0.2, 0) is 30.7 Å². The van der Waals surface area contributed by atoms with E-state index in [1.54, 1.807) is 20.3 Å². The number of aromatic nitrogens is 3. The molecule has 0 atom stereocenters. The van der Waals surface area contributed by atoms with Crippen LogP contribution < -0.4 is 20.1 Å². The number of methoxy groups -OCH3 is 2. The van der Waals surface area contributed by atoms with Crippen LogP contribution in [0.3, 0.4) is 0 Å². The number of thioether (sulfide) groups is 1. The SMILES string of the molecule is CCn1c(SCC(=O)Nc2sc3c(c2C(=O)NCc2ccccc2)CCCC3)nnc1-c1cc(OC)cc(OC)c1. The smallest absolute Gasteiger partial charge is 0.254 e. The van der Waals surface area contributed by atoms with Crippen LogP contribution in [0.25, 0.3) is 11.4 Å². The second-order valence-corrected chi connectivity index (χ2v) is 11.6. The van der Waals surface area contributed by atoms with Crippen LogP contribution in [-0.4, -0.2) is 46.6 Å². The standard InChI is InChI=1S/C30H33N5O4S2/c1-4-35-27(20-14-21(38-2)16-22(15-20)39-3)33-34-30(35)40-18-25(36)32-29-26(23-12-8-9-13-24(23)41-29)28(37)31-17-19-10-6-5-7-11-19/h5-7,10-11,14-16H,4,8-9,12-13,17-18H2,1-3H3,(H,31,37)(H,32,36). The Kier molecular flexibility index (Phi) is 9.25. The van der Waals surface area contributed by atoms with Gasteiger partial charge in [-0.15, -0.1) is 21.5 Å². The Hall–Kier alpha value is -3.83. The Balaban J connectivity index is 1.30. The topological polar surface area (TPSA) is 107 Å². The Labute approximate surface area is 247 Å². The molecular weight excluding hydrogens is 558 g/mol. The Morgan fingerprint density at radius 3 is 2.46 bits per heavy atom. The van der Waals surface area contributed by atoms with Crippen LogP contribution in [0.2, 0.25) is 0 Å². The summed E-state index contributed by atoms with van der Waals surface area (Å²) in [7, 11) is 3.21. The summed E-state index contributed by atoms with van der Waals surface area (Å²) in [4.78, 5) is 27.7. The van der Waals surface area contributed by atoms with E-state index in [1.165, 1.54) is 28.0 Å². The fraction of sp³-hybridized carbons (Fsp3) is 0.333. The number of benzene rings is 2. The summed E-state index contributed by atoms with van der Waals surface area (Å²) in [6, 6.07) is 15.4. The van der Waals surface area contributed by atoms with E-state index in [4.69, 9.17) is 9.47 Å². The van der Waals surface area contributed by atoms with Crippen LogP contribution >= 0.6 is 23.1 Å². The third-order valence-electron chi connectivity index (χ3n) is 6.92. The first-order chi connectivity index (χ1) is 20.0. The molecular formula is C30H33N5O4S2. The van der Waals surface area contributed by atoms with E-state index < -0.39 is 0 Å². The molecule has 0 spiro atoms. The van der Waals surface area contributed by atoms with Crippen LogP contribution in [0.4, 0.5) is 5.00 Å². The third kappa shape index (κ3) is 6.57. The molecule has 0 saturated heterocycles. The largest absolute Gasteiger partial charge is 0.497 e. The predicted molar refractivity (Wildman–Crippen MR) is 162 cm³/mol. The summed E-state index contributed by atoms with van der Waals surface area (Å²) in [5.74, 6) is 1.76. The van der Waals surface area contributed by atoms with E-state index in [0.29, 0.717) is 46.1 Å². The maximum Gasteiger partial charge on any atom is 0.254 e. The molecule has 9 nitrogen and oxygen atoms in total. The van der Waals surface area contributed by atoms with Gasteiger partial charge in [-0.3, -0.25) is 9.59 Å². The van der Waals surface area contributed by atoms with Gasteiger partial charge in [-0.1, -0.05) is 42.1 Å². The van der Waals surface area contributed by atoms with Crippen molar-refractivity contribution >= 4 is 39.9 Å². The number of aryl methyl sites for hydroxylation is 1. The molecule has 2 heterocycles. The van der Waals surface area contributed by atoms with Crippen LogP contribution in [0.1, 0.15) is 46.1 Å². The molecule has 4 aromatic rings. The van der Waals surface area contributed by atoms with Crippen molar-refractivity contribution in [3.8, 4) is 22.9 Å². The normalized spacial score (nSPS) is 12.5. The van der Waals surface area contributed by atoms with E-state index in [-0.39, 0.29) is 17.6 Å². The minimum Gasteiger partial charge on any atom is -0.497 e. The van der Waals surface area contributed by atoms with Crippen molar-refractivity contribution in [2.75, 3.05) is 25.3 Å². The van der Waals surface area contributed by atoms with Crippen molar-refractivity contribution in [3.05, 3.63) is 70.1 Å². The fourth-order valence-corrected chi connectivity index (χ4v) is 6.99. The number of nitrogens with zero attached hydrogens (tertiary/aromatic N) is 3. The molecule has 41 heavy (non-hydrogen) atoms. The second-order valence-electron chi connectivity index (χ2n) is 9.57. The zero-order valence-corrected chi connectivity index (χ0v) is 25.0. The quantitative estimate of drug-likeness (QED) is 0.219. The average Bonchev–Trinajstić information content (AvgIpc) is 3.59. The summed E-state index contributed by atoms with van der Waals surface area (Å²) < 4.78 is 12.8. The first-order valence-electron chi connectivity index (χ1n) is 13.6. The summed E-state index contributed by atoms with van der Waals surface area (Å²) >= 11 is 2.83. The molecule has 0 bridgehead atoms. The Morgan fingerprint density at radius 2 is 1.76 bits per heavy atom. The number of nitrogens with one attached hydrogen (secondary N) is 2. The zero-order chi connectivity index (χ0) is 28.8. The molecule has 2 N–H and O–H groups in total. The molecule has 214 valence electrons. The lowest BCUT2D eigenvalue weighted by atomic mass is 9.95. The molecule has 0 unspecified atom stereocenters. The number of anilines is 1. The number of ether oxygens (including phenoxy) is 2. The van der Waals surface area contributed by atoms with Crippen LogP contribution in [0.5, 0.6) is 11.5 Å². The highest BCUT2D eigenvalue weighted by atomic mass is 32.2. The second kappa shape index (κ2) is 13.2. The van der Waals surface area contributed by atoms with Crippen molar-refractivity contribution in [3.63, 3.8) is 0 Å². The molecule has 1 aliphatic rings. The monoisotopic (exact) mass is 591 g/mol. The molecule has 2 aromatic heterocycles. The van der Waals surface area contributed by atoms with Gasteiger partial charge in [-0.2, -0.15) is 0 Å². The van der Waals surface area contributed by atoms with Gasteiger partial charge in [0, 0.05) is 29.6 Å². The lowest BCUT2D eigenvalue weighted by Gasteiger charge is -2.13. The van der Waals surface area contributed by atoms with Gasteiger partial charge < -0.3 is 24.7 Å². The molecule has 0 aliphatic heterocycles. The minimum absolute atomic E-state index is 0.132. The maximum atomic E-state index is 13.3. The average molecular weight is 592 g/mol. The van der Waals surface area contributed by atoms with Gasteiger partial charge in [0.15, 0.2) is 11.0 Å². The van der Waals surface area contributed by atoms with Gasteiger partial charge in [-0.05, 0) is 55.9 Å². The summed E-state index contributed by atoms with van der Waals surface area (Å²) in [6.45, 7) is 3.06. The van der Waals surface area contributed by atoms with E-state index in [0.717, 1.165) is 42.4 Å². The van der Waals surface area contributed by atoms with Gasteiger partial charge in [0.2, 0.25) is 5.91 Å². The van der Waals surface area contributed by atoms with Gasteiger partial charge in [-0.25, -0.2) is 0 Å². The number of hydrogen-bond acceptors (Lipinski definition) is 8. The third-order valence-corrected chi connectivity index (χ3v) is 9.10. The lowest BCUT2D eigenvalue weighted by Crippen LogP contribution is -2.25. The van der Waals surface area contributed by atoms with Crippen molar-refractivity contribution in [2.45, 2.75) is 50.9 Å². The van der Waals surface area contributed by atoms with Crippen molar-refractivity contribution in [1.29, 1.82) is 0 Å². The lowest BCUT2D eigenvalue weighted by molar-refractivity contribution is -0.113. The van der Waals surface area contributed by atoms with Crippen molar-refractivity contribution < 1.29 is 19.1 Å². The molecule has 0 fully saturated rings. The number of carbonyl (C=O) groups excluding carboxylic acids is 2. The molecule has 2 amide bonds. The van der Waals surface area contributed by atoms with Gasteiger partial charge in [0.25, 0.3) is 5.91 Å². The first kappa shape index (κ1) is 28.7. The van der Waals surface area contributed by atoms with Gasteiger partial charge in [0.1, 0.15) is 16.5 Å². The van der Waals surface area contributed by atoms with E-state index in [9.17, 15) is 9.59 Å². The predicted octanol–water partition coefficient (Wildman–Crippen LogP) is 5.58. The zero-order valence-electron chi connectivity index (χ0n) is 23.4. The van der Waals surface area contributed by atoms with Crippen LogP contribution in [0.15, 0.2) is 53.7 Å². The summed E-state index contributed by atoms with van der Waals surface area (Å²) in [5, 5.41) is 16.1. The first-order valence-corrected chi connectivity index (χ1v) is 15.4. The van der Waals surface area contributed by atoms with Crippen molar-refractivity contribution in [2.24, 2.45) is 0 Å². The molecule has 2 aromatic carbocycles. The van der Waals surface area contributed by atoms with E-state index in [2.05, 4.69) is 20.8 Å². The number of amides is 2. The molecule has 1 aliphatic carbocycles. The van der Waals surface area contributed by atoms with Crippen molar-refractivity contribution in [1.82, 2.24) is 20.1 Å². The highest BCUT2D eigenvalue weighted by Gasteiger charge is 2.26. The van der Waals surface area contributed by atoms with E-state index >= 15 is 0 Å². The summed E-state index contributed by atoms with van der Waals surface area (Å²) in [5.41, 5.74) is 3.50. The number of hydrogen-bond donors (Lipinski definition) is 2. The Morgan fingerprint density at radius 1 is 1.02 bits per heavy atom.